The van der Waals surface area contributed by atoms with Crippen LogP contribution in [0.1, 0.15) is 10.5 Å². The summed E-state index contributed by atoms with van der Waals surface area (Å²) < 4.78 is 26.5. The van der Waals surface area contributed by atoms with Crippen molar-refractivity contribution in [2.75, 3.05) is 37.3 Å². The number of anilines is 1. The van der Waals surface area contributed by atoms with Crippen molar-refractivity contribution in [2.45, 2.75) is 5.16 Å². The summed E-state index contributed by atoms with van der Waals surface area (Å²) in [5.74, 6) is 0.601. The van der Waals surface area contributed by atoms with Gasteiger partial charge in [0.2, 0.25) is 15.0 Å². The first kappa shape index (κ1) is 18.9. The highest BCUT2D eigenvalue weighted by Gasteiger charge is 2.28. The van der Waals surface area contributed by atoms with E-state index in [-0.39, 0.29) is 16.8 Å². The Labute approximate surface area is 170 Å². The van der Waals surface area contributed by atoms with Gasteiger partial charge in [0.25, 0.3) is 5.91 Å². The first-order valence-electron chi connectivity index (χ1n) is 8.67. The van der Waals surface area contributed by atoms with E-state index in [0.717, 1.165) is 16.5 Å². The van der Waals surface area contributed by atoms with E-state index in [4.69, 9.17) is 0 Å². The number of carbonyl (C=O) groups is 1. The second-order valence-corrected chi connectivity index (χ2v) is 9.41. The number of amides is 1. The van der Waals surface area contributed by atoms with Crippen molar-refractivity contribution in [3.8, 4) is 0 Å². The average molecular weight is 464 g/mol. The average Bonchev–Trinajstić information content (AvgIpc) is 3.08. The van der Waals surface area contributed by atoms with Crippen LogP contribution in [0.25, 0.3) is 5.52 Å². The van der Waals surface area contributed by atoms with Gasteiger partial charge >= 0.3 is 0 Å². The van der Waals surface area contributed by atoms with Crippen LogP contribution in [-0.2, 0) is 9.84 Å². The van der Waals surface area contributed by atoms with E-state index in [1.807, 2.05) is 12.1 Å². The lowest BCUT2D eigenvalue weighted by Gasteiger charge is -2.35. The monoisotopic (exact) mass is 463 g/mol. The lowest BCUT2D eigenvalue weighted by atomic mass is 10.2. The Morgan fingerprint density at radius 1 is 1.11 bits per heavy atom. The van der Waals surface area contributed by atoms with Gasteiger partial charge in [0, 0.05) is 49.3 Å². The molecule has 0 unspecified atom stereocenters. The molecule has 0 N–H and O–H groups in total. The van der Waals surface area contributed by atoms with Gasteiger partial charge in [-0.15, -0.1) is 0 Å². The molecule has 0 spiro atoms. The summed E-state index contributed by atoms with van der Waals surface area (Å²) in [6.07, 6.45) is 4.44. The van der Waals surface area contributed by atoms with Crippen molar-refractivity contribution in [2.24, 2.45) is 0 Å². The molecule has 0 saturated carbocycles. The number of aromatic nitrogens is 3. The topological polar surface area (TPSA) is 87.9 Å². The van der Waals surface area contributed by atoms with E-state index in [2.05, 4.69) is 30.8 Å². The van der Waals surface area contributed by atoms with Crippen molar-refractivity contribution in [1.29, 1.82) is 0 Å². The molecule has 1 aliphatic heterocycles. The lowest BCUT2D eigenvalue weighted by molar-refractivity contribution is 0.0743. The minimum Gasteiger partial charge on any atom is -0.353 e. The highest BCUT2D eigenvalue weighted by atomic mass is 79.9. The standard InChI is InChI=1S/C18H18BrN5O3S/c1-28(26,27)18-21-16(14-4-2-3-7-24(14)18)17(25)23-10-8-22(9-11-23)15-6-5-13(19)12-20-15/h2-7,12H,8-11H2,1H3. The molecule has 0 atom stereocenters. The Morgan fingerprint density at radius 3 is 2.50 bits per heavy atom. The molecule has 3 aromatic heterocycles. The summed E-state index contributed by atoms with van der Waals surface area (Å²) in [6, 6.07) is 9.04. The molecular weight excluding hydrogens is 446 g/mol. The normalized spacial score (nSPS) is 15.2. The predicted octanol–water partition coefficient (Wildman–Crippen LogP) is 1.86. The molecule has 1 fully saturated rings. The van der Waals surface area contributed by atoms with Gasteiger partial charge in [-0.1, -0.05) is 6.07 Å². The Balaban J connectivity index is 1.57. The third-order valence-corrected chi connectivity index (χ3v) is 6.07. The third kappa shape index (κ3) is 3.49. The number of halogens is 1. The van der Waals surface area contributed by atoms with Crippen LogP contribution in [0.2, 0.25) is 0 Å². The number of rotatable bonds is 3. The fourth-order valence-corrected chi connectivity index (χ4v) is 4.28. The highest BCUT2D eigenvalue weighted by Crippen LogP contribution is 2.21. The molecule has 8 nitrogen and oxygen atoms in total. The van der Waals surface area contributed by atoms with Crippen LogP contribution in [0, 0.1) is 0 Å². The maximum atomic E-state index is 13.1. The first-order chi connectivity index (χ1) is 13.3. The summed E-state index contributed by atoms with van der Waals surface area (Å²) in [7, 11) is -3.56. The lowest BCUT2D eigenvalue weighted by Crippen LogP contribution is -2.49. The van der Waals surface area contributed by atoms with Crippen molar-refractivity contribution in [3.63, 3.8) is 0 Å². The number of hydrogen-bond acceptors (Lipinski definition) is 6. The Hall–Kier alpha value is -2.46. The maximum Gasteiger partial charge on any atom is 0.274 e. The summed E-state index contributed by atoms with van der Waals surface area (Å²) in [5.41, 5.74) is 0.654. The van der Waals surface area contributed by atoms with E-state index >= 15 is 0 Å². The van der Waals surface area contributed by atoms with Gasteiger partial charge in [0.1, 0.15) is 5.82 Å². The Kier molecular flexibility index (Phi) is 4.84. The number of imidazole rings is 1. The van der Waals surface area contributed by atoms with Gasteiger partial charge in [0.05, 0.1) is 5.52 Å². The predicted molar refractivity (Wildman–Crippen MR) is 108 cm³/mol. The van der Waals surface area contributed by atoms with Crippen molar-refractivity contribution in [1.82, 2.24) is 19.3 Å². The number of hydrogen-bond donors (Lipinski definition) is 0. The minimum atomic E-state index is -3.56. The van der Waals surface area contributed by atoms with Crippen LogP contribution in [0.15, 0.2) is 52.4 Å². The van der Waals surface area contributed by atoms with E-state index in [9.17, 15) is 13.2 Å². The molecular formula is C18H18BrN5O3S. The first-order valence-corrected chi connectivity index (χ1v) is 11.4. The van der Waals surface area contributed by atoms with Crippen LogP contribution >= 0.6 is 15.9 Å². The SMILES string of the molecule is CS(=O)(=O)c1nc(C(=O)N2CCN(c3ccc(Br)cn3)CC2)c2ccccn12. The maximum absolute atomic E-state index is 13.1. The van der Waals surface area contributed by atoms with E-state index in [1.165, 1.54) is 4.40 Å². The van der Waals surface area contributed by atoms with Gasteiger partial charge in [-0.3, -0.25) is 9.20 Å². The van der Waals surface area contributed by atoms with Crippen molar-refractivity contribution >= 4 is 43.0 Å². The summed E-state index contributed by atoms with van der Waals surface area (Å²) in [4.78, 5) is 25.4. The largest absolute Gasteiger partial charge is 0.353 e. The highest BCUT2D eigenvalue weighted by molar-refractivity contribution is 9.10. The van der Waals surface area contributed by atoms with Gasteiger partial charge < -0.3 is 9.80 Å². The van der Waals surface area contributed by atoms with E-state index < -0.39 is 9.84 Å². The minimum absolute atomic E-state index is 0.121. The van der Waals surface area contributed by atoms with Gasteiger partial charge in [-0.05, 0) is 40.2 Å². The van der Waals surface area contributed by atoms with E-state index in [0.29, 0.717) is 31.7 Å². The zero-order chi connectivity index (χ0) is 19.9. The summed E-state index contributed by atoms with van der Waals surface area (Å²) in [6.45, 7) is 2.31. The number of carbonyl (C=O) groups excluding carboxylic acids is 1. The molecule has 1 amide bonds. The quantitative estimate of drug-likeness (QED) is 0.588. The zero-order valence-electron chi connectivity index (χ0n) is 15.1. The zero-order valence-corrected chi connectivity index (χ0v) is 17.5. The molecule has 0 aliphatic carbocycles. The summed E-state index contributed by atoms with van der Waals surface area (Å²) >= 11 is 3.37. The number of pyridine rings is 2. The smallest absolute Gasteiger partial charge is 0.274 e. The van der Waals surface area contributed by atoms with Crippen molar-refractivity contribution in [3.05, 3.63) is 52.9 Å². The molecule has 0 radical (unpaired) electrons. The molecule has 3 aromatic rings. The number of piperazine rings is 1. The van der Waals surface area contributed by atoms with Crippen LogP contribution < -0.4 is 4.90 Å². The molecule has 0 bridgehead atoms. The van der Waals surface area contributed by atoms with Crippen LogP contribution in [0.4, 0.5) is 5.82 Å². The molecule has 28 heavy (non-hydrogen) atoms. The molecule has 0 aromatic carbocycles. The second-order valence-electron chi connectivity index (χ2n) is 6.58. The third-order valence-electron chi connectivity index (χ3n) is 4.65. The van der Waals surface area contributed by atoms with Crippen molar-refractivity contribution < 1.29 is 13.2 Å². The van der Waals surface area contributed by atoms with Gasteiger partial charge in [-0.25, -0.2) is 18.4 Å². The number of nitrogens with zero attached hydrogens (tertiary/aromatic N) is 5. The van der Waals surface area contributed by atoms with Crippen LogP contribution in [-0.4, -0.2) is 66.0 Å². The molecule has 4 rings (SSSR count). The molecule has 4 heterocycles. The van der Waals surface area contributed by atoms with E-state index in [1.54, 1.807) is 35.5 Å². The Morgan fingerprint density at radius 2 is 1.86 bits per heavy atom. The fourth-order valence-electron chi connectivity index (χ4n) is 3.27. The Bertz CT molecular complexity index is 1140. The molecule has 146 valence electrons. The van der Waals surface area contributed by atoms with Crippen LogP contribution in [0.5, 0.6) is 0 Å². The molecule has 1 saturated heterocycles. The number of fused-ring (bicyclic) bond motifs is 1. The fraction of sp³-hybridized carbons (Fsp3) is 0.278. The molecule has 1 aliphatic rings. The second kappa shape index (κ2) is 7.17. The van der Waals surface area contributed by atoms with Gasteiger partial charge in [0.15, 0.2) is 5.69 Å². The van der Waals surface area contributed by atoms with Crippen LogP contribution in [0.3, 0.4) is 0 Å². The molecule has 10 heteroatoms. The summed E-state index contributed by atoms with van der Waals surface area (Å²) in [5, 5.41) is -0.121. The van der Waals surface area contributed by atoms with Gasteiger partial charge in [-0.2, -0.15) is 0 Å². The number of sulfone groups is 1.